The highest BCUT2D eigenvalue weighted by molar-refractivity contribution is 5.80. The average molecular weight is 394 g/mol. The Morgan fingerprint density at radius 3 is 2.54 bits per heavy atom. The van der Waals surface area contributed by atoms with Crippen LogP contribution in [-0.4, -0.2) is 53.9 Å². The monoisotopic (exact) mass is 394 g/mol. The molecular weight excluding hydrogens is 369 g/mol. The number of aromatic nitrogens is 2. The van der Waals surface area contributed by atoms with Gasteiger partial charge in [0.1, 0.15) is 0 Å². The molecule has 0 aliphatic carbocycles. The molecule has 0 saturated carbocycles. The van der Waals surface area contributed by atoms with Crippen LogP contribution in [0.5, 0.6) is 0 Å². The predicted molar refractivity (Wildman–Crippen MR) is 103 cm³/mol. The molecule has 2 aromatic rings. The molecule has 1 aliphatic rings. The fraction of sp³-hybridized carbons (Fsp3) is 0.474. The number of aliphatic imine (C=N–C) groups is 1. The Labute approximate surface area is 162 Å². The number of nitrogens with one attached hydrogen (secondary N) is 1. The maximum absolute atomic E-state index is 13.1. The second-order valence-corrected chi connectivity index (χ2v) is 6.89. The van der Waals surface area contributed by atoms with Gasteiger partial charge in [-0.05, 0) is 24.6 Å². The third kappa shape index (κ3) is 4.58. The zero-order valence-electron chi connectivity index (χ0n) is 16.3. The van der Waals surface area contributed by atoms with E-state index in [-0.39, 0.29) is 12.1 Å². The van der Waals surface area contributed by atoms with Crippen molar-refractivity contribution < 1.29 is 13.2 Å². The van der Waals surface area contributed by atoms with Crippen molar-refractivity contribution >= 4 is 11.6 Å². The molecule has 1 N–H and O–H groups in total. The Hall–Kier alpha value is -2.71. The molecular formula is C19H25F3N6. The van der Waals surface area contributed by atoms with Crippen LogP contribution in [-0.2, 0) is 19.8 Å². The van der Waals surface area contributed by atoms with Gasteiger partial charge in [-0.25, -0.2) is 0 Å². The van der Waals surface area contributed by atoms with Gasteiger partial charge >= 0.3 is 6.18 Å². The molecule has 1 aromatic heterocycles. The quantitative estimate of drug-likeness (QED) is 0.642. The molecule has 3 rings (SSSR count). The summed E-state index contributed by atoms with van der Waals surface area (Å²) in [6.45, 7) is 5.22. The molecule has 0 atom stereocenters. The molecule has 0 bridgehead atoms. The minimum atomic E-state index is -4.47. The summed E-state index contributed by atoms with van der Waals surface area (Å²) in [5.41, 5.74) is 1.65. The molecule has 1 aromatic carbocycles. The SMILES string of the molecule is CN=C(NCc1cn(C)nc1C(F)(F)F)N1CCN(c2cccc(C)c2)CC1. The number of anilines is 1. The maximum atomic E-state index is 13.1. The Kier molecular flexibility index (Phi) is 5.81. The summed E-state index contributed by atoms with van der Waals surface area (Å²) >= 11 is 0. The van der Waals surface area contributed by atoms with Crippen LogP contribution in [0.3, 0.4) is 0 Å². The summed E-state index contributed by atoms with van der Waals surface area (Å²) in [6, 6.07) is 8.36. The lowest BCUT2D eigenvalue weighted by Crippen LogP contribution is -2.52. The maximum Gasteiger partial charge on any atom is 0.435 e. The Balaban J connectivity index is 1.60. The molecule has 1 aliphatic heterocycles. The number of hydrogen-bond acceptors (Lipinski definition) is 3. The number of halogens is 3. The normalized spacial score (nSPS) is 15.9. The van der Waals surface area contributed by atoms with Crippen LogP contribution >= 0.6 is 0 Å². The van der Waals surface area contributed by atoms with E-state index in [9.17, 15) is 13.2 Å². The van der Waals surface area contributed by atoms with Crippen molar-refractivity contribution in [3.63, 3.8) is 0 Å². The van der Waals surface area contributed by atoms with Gasteiger partial charge in [-0.15, -0.1) is 0 Å². The molecule has 9 heteroatoms. The van der Waals surface area contributed by atoms with Gasteiger partial charge in [0.15, 0.2) is 11.7 Å². The number of benzene rings is 1. The minimum absolute atomic E-state index is 0.0213. The predicted octanol–water partition coefficient (Wildman–Crippen LogP) is 2.64. The van der Waals surface area contributed by atoms with Crippen molar-refractivity contribution in [2.75, 3.05) is 38.1 Å². The van der Waals surface area contributed by atoms with E-state index >= 15 is 0 Å². The number of rotatable bonds is 3. The van der Waals surface area contributed by atoms with E-state index in [1.807, 2.05) is 6.07 Å². The van der Waals surface area contributed by atoms with Crippen LogP contribution in [0.4, 0.5) is 18.9 Å². The van der Waals surface area contributed by atoms with E-state index < -0.39 is 11.9 Å². The van der Waals surface area contributed by atoms with Crippen molar-refractivity contribution in [3.05, 3.63) is 47.3 Å². The first-order valence-corrected chi connectivity index (χ1v) is 9.15. The molecule has 1 saturated heterocycles. The highest BCUT2D eigenvalue weighted by Crippen LogP contribution is 2.30. The van der Waals surface area contributed by atoms with Gasteiger partial charge in [0, 0.05) is 64.3 Å². The number of nitrogens with zero attached hydrogens (tertiary/aromatic N) is 5. The number of piperazine rings is 1. The molecule has 0 spiro atoms. The molecule has 0 unspecified atom stereocenters. The van der Waals surface area contributed by atoms with Crippen molar-refractivity contribution in [1.82, 2.24) is 20.0 Å². The Morgan fingerprint density at radius 2 is 1.93 bits per heavy atom. The van der Waals surface area contributed by atoms with Crippen LogP contribution in [0, 0.1) is 6.92 Å². The van der Waals surface area contributed by atoms with Gasteiger partial charge in [0.2, 0.25) is 0 Å². The molecule has 2 heterocycles. The number of alkyl halides is 3. The van der Waals surface area contributed by atoms with Gasteiger partial charge in [-0.1, -0.05) is 12.1 Å². The largest absolute Gasteiger partial charge is 0.435 e. The summed E-state index contributed by atoms with van der Waals surface area (Å²) < 4.78 is 40.5. The summed E-state index contributed by atoms with van der Waals surface area (Å²) in [7, 11) is 3.13. The fourth-order valence-electron chi connectivity index (χ4n) is 3.41. The van der Waals surface area contributed by atoms with E-state index in [2.05, 4.69) is 50.3 Å². The third-order valence-electron chi connectivity index (χ3n) is 4.77. The molecule has 28 heavy (non-hydrogen) atoms. The van der Waals surface area contributed by atoms with E-state index in [0.29, 0.717) is 5.96 Å². The number of guanidine groups is 1. The smallest absolute Gasteiger partial charge is 0.368 e. The second kappa shape index (κ2) is 8.12. The summed E-state index contributed by atoms with van der Waals surface area (Å²) in [5, 5.41) is 6.59. The second-order valence-electron chi connectivity index (χ2n) is 6.89. The van der Waals surface area contributed by atoms with Crippen LogP contribution < -0.4 is 10.2 Å². The van der Waals surface area contributed by atoms with Crippen molar-refractivity contribution in [2.24, 2.45) is 12.0 Å². The highest BCUT2D eigenvalue weighted by atomic mass is 19.4. The van der Waals surface area contributed by atoms with E-state index in [0.717, 1.165) is 26.2 Å². The summed E-state index contributed by atoms with van der Waals surface area (Å²) in [5.74, 6) is 0.598. The van der Waals surface area contributed by atoms with Crippen LogP contribution in [0.15, 0.2) is 35.5 Å². The average Bonchev–Trinajstić information content (AvgIpc) is 3.04. The lowest BCUT2D eigenvalue weighted by Gasteiger charge is -2.37. The minimum Gasteiger partial charge on any atom is -0.368 e. The highest BCUT2D eigenvalue weighted by Gasteiger charge is 2.36. The van der Waals surface area contributed by atoms with E-state index in [1.165, 1.54) is 29.2 Å². The van der Waals surface area contributed by atoms with Crippen molar-refractivity contribution in [2.45, 2.75) is 19.6 Å². The third-order valence-corrected chi connectivity index (χ3v) is 4.77. The molecule has 0 radical (unpaired) electrons. The summed E-state index contributed by atoms with van der Waals surface area (Å²) in [4.78, 5) is 8.61. The zero-order chi connectivity index (χ0) is 20.3. The van der Waals surface area contributed by atoms with E-state index in [1.54, 1.807) is 7.05 Å². The van der Waals surface area contributed by atoms with Gasteiger partial charge in [-0.3, -0.25) is 9.67 Å². The Morgan fingerprint density at radius 1 is 1.21 bits per heavy atom. The lowest BCUT2D eigenvalue weighted by molar-refractivity contribution is -0.142. The number of aryl methyl sites for hydroxylation is 2. The lowest BCUT2D eigenvalue weighted by atomic mass is 10.2. The molecule has 1 fully saturated rings. The first-order chi connectivity index (χ1) is 13.3. The topological polar surface area (TPSA) is 48.7 Å². The van der Waals surface area contributed by atoms with E-state index in [4.69, 9.17) is 0 Å². The summed E-state index contributed by atoms with van der Waals surface area (Å²) in [6.07, 6.45) is -3.08. The van der Waals surface area contributed by atoms with Gasteiger partial charge in [0.05, 0.1) is 0 Å². The van der Waals surface area contributed by atoms with Crippen LogP contribution in [0.2, 0.25) is 0 Å². The van der Waals surface area contributed by atoms with Crippen LogP contribution in [0.25, 0.3) is 0 Å². The molecule has 152 valence electrons. The fourth-order valence-corrected chi connectivity index (χ4v) is 3.41. The van der Waals surface area contributed by atoms with Crippen LogP contribution in [0.1, 0.15) is 16.8 Å². The molecule has 6 nitrogen and oxygen atoms in total. The first kappa shape index (κ1) is 20.0. The first-order valence-electron chi connectivity index (χ1n) is 9.15. The van der Waals surface area contributed by atoms with Crippen molar-refractivity contribution in [3.8, 4) is 0 Å². The molecule has 0 amide bonds. The van der Waals surface area contributed by atoms with Gasteiger partial charge < -0.3 is 15.1 Å². The van der Waals surface area contributed by atoms with Crippen molar-refractivity contribution in [1.29, 1.82) is 0 Å². The zero-order valence-corrected chi connectivity index (χ0v) is 16.3. The standard InChI is InChI=1S/C19H25F3N6/c1-14-5-4-6-16(11-14)27-7-9-28(10-8-27)18(23-2)24-12-15-13-26(3)25-17(15)19(20,21)22/h4-6,11,13H,7-10,12H2,1-3H3,(H,23,24). The van der Waals surface area contributed by atoms with Gasteiger partial charge in [-0.2, -0.15) is 18.3 Å². The Bertz CT molecular complexity index is 834. The van der Waals surface area contributed by atoms with Gasteiger partial charge in [0.25, 0.3) is 0 Å². The number of hydrogen-bond donors (Lipinski definition) is 1.